The lowest BCUT2D eigenvalue weighted by molar-refractivity contribution is 0.0810. The number of hydrogen-bond acceptors (Lipinski definition) is 3. The first-order chi connectivity index (χ1) is 10.0. The van der Waals surface area contributed by atoms with Crippen molar-refractivity contribution >= 4 is 28.5 Å². The molecule has 21 heavy (non-hydrogen) atoms. The molecular weight excluding hydrogens is 295 g/mol. The Morgan fingerprint density at radius 3 is 2.71 bits per heavy atom. The van der Waals surface area contributed by atoms with Crippen LogP contribution >= 0.6 is 11.6 Å². The van der Waals surface area contributed by atoms with Crippen molar-refractivity contribution in [2.45, 2.75) is 31.7 Å². The van der Waals surface area contributed by atoms with E-state index in [1.165, 1.54) is 11.1 Å². The third-order valence-corrected chi connectivity index (χ3v) is 4.13. The molecule has 5 nitrogen and oxygen atoms in total. The molecule has 7 heteroatoms. The van der Waals surface area contributed by atoms with Crippen LogP contribution in [0.2, 0.25) is 5.28 Å². The molecule has 112 valence electrons. The monoisotopic (exact) mass is 310 g/mol. The van der Waals surface area contributed by atoms with Crippen molar-refractivity contribution < 1.29 is 9.18 Å². The zero-order valence-corrected chi connectivity index (χ0v) is 12.7. The van der Waals surface area contributed by atoms with Crippen LogP contribution in [0, 0.1) is 5.82 Å². The van der Waals surface area contributed by atoms with Gasteiger partial charge >= 0.3 is 0 Å². The Bertz CT molecular complexity index is 707. The summed E-state index contributed by atoms with van der Waals surface area (Å²) < 4.78 is 16.4. The van der Waals surface area contributed by atoms with Crippen molar-refractivity contribution in [3.8, 4) is 0 Å². The molecule has 0 aromatic carbocycles. The summed E-state index contributed by atoms with van der Waals surface area (Å²) in [5.41, 5.74) is 0.461. The number of halogens is 2. The number of fused-ring (bicyclic) bond motifs is 1. The van der Waals surface area contributed by atoms with Crippen LogP contribution in [0.25, 0.3) is 11.0 Å². The highest BCUT2D eigenvalue weighted by Gasteiger charge is 2.30. The number of carbonyl (C=O) groups is 1. The van der Waals surface area contributed by atoms with Gasteiger partial charge in [0.05, 0.1) is 5.39 Å². The van der Waals surface area contributed by atoms with Crippen molar-refractivity contribution in [2.75, 3.05) is 14.1 Å². The van der Waals surface area contributed by atoms with Gasteiger partial charge in [0.25, 0.3) is 5.91 Å². The van der Waals surface area contributed by atoms with E-state index >= 15 is 0 Å². The van der Waals surface area contributed by atoms with Crippen molar-refractivity contribution in [3.05, 3.63) is 23.0 Å². The van der Waals surface area contributed by atoms with Crippen LogP contribution in [0.15, 0.2) is 6.20 Å². The zero-order chi connectivity index (χ0) is 15.1. The predicted octanol–water partition coefficient (Wildman–Crippen LogP) is 3.04. The van der Waals surface area contributed by atoms with Gasteiger partial charge < -0.3 is 9.47 Å². The average Bonchev–Trinajstić information content (AvgIpc) is 3.04. The van der Waals surface area contributed by atoms with Crippen molar-refractivity contribution in [1.82, 2.24) is 19.4 Å². The van der Waals surface area contributed by atoms with E-state index in [0.29, 0.717) is 5.65 Å². The summed E-state index contributed by atoms with van der Waals surface area (Å²) in [4.78, 5) is 21.7. The first-order valence-electron chi connectivity index (χ1n) is 6.94. The number of rotatable bonds is 2. The molecule has 0 atom stereocenters. The second-order valence-electron chi connectivity index (χ2n) is 5.55. The van der Waals surface area contributed by atoms with E-state index in [9.17, 15) is 9.18 Å². The molecule has 0 unspecified atom stereocenters. The molecule has 0 aliphatic heterocycles. The Labute approximate surface area is 126 Å². The summed E-state index contributed by atoms with van der Waals surface area (Å²) in [6.07, 6.45) is 5.32. The third kappa shape index (κ3) is 2.27. The SMILES string of the molecule is CN(C)C(=O)c1c(F)c2cnc(Cl)nc2n1C1CCCC1. The lowest BCUT2D eigenvalue weighted by Crippen LogP contribution is -2.26. The normalized spacial score (nSPS) is 15.8. The summed E-state index contributed by atoms with van der Waals surface area (Å²) in [6.45, 7) is 0. The van der Waals surface area contributed by atoms with Crippen molar-refractivity contribution in [2.24, 2.45) is 0 Å². The minimum Gasteiger partial charge on any atom is -0.343 e. The lowest BCUT2D eigenvalue weighted by atomic mass is 10.2. The molecule has 0 radical (unpaired) electrons. The van der Waals surface area contributed by atoms with Gasteiger partial charge in [-0.2, -0.15) is 4.98 Å². The van der Waals surface area contributed by atoms with Crippen LogP contribution in [0.3, 0.4) is 0 Å². The lowest BCUT2D eigenvalue weighted by Gasteiger charge is -2.18. The summed E-state index contributed by atoms with van der Waals surface area (Å²) in [7, 11) is 3.22. The van der Waals surface area contributed by atoms with Gasteiger partial charge in [-0.3, -0.25) is 4.79 Å². The van der Waals surface area contributed by atoms with Crippen LogP contribution < -0.4 is 0 Å². The molecule has 0 spiro atoms. The van der Waals surface area contributed by atoms with E-state index in [4.69, 9.17) is 11.6 Å². The molecule has 1 aliphatic carbocycles. The Hall–Kier alpha value is -1.69. The van der Waals surface area contributed by atoms with Gasteiger partial charge in [-0.1, -0.05) is 12.8 Å². The highest BCUT2D eigenvalue weighted by molar-refractivity contribution is 6.28. The number of nitrogens with zero attached hydrogens (tertiary/aromatic N) is 4. The van der Waals surface area contributed by atoms with E-state index in [1.54, 1.807) is 18.7 Å². The first kappa shape index (κ1) is 14.3. The van der Waals surface area contributed by atoms with Crippen LogP contribution in [-0.2, 0) is 0 Å². The van der Waals surface area contributed by atoms with E-state index in [2.05, 4.69) is 9.97 Å². The van der Waals surface area contributed by atoms with Crippen LogP contribution in [0.1, 0.15) is 42.2 Å². The van der Waals surface area contributed by atoms with E-state index < -0.39 is 5.82 Å². The van der Waals surface area contributed by atoms with Gasteiger partial charge in [0.1, 0.15) is 11.3 Å². The standard InChI is InChI=1S/C14H16ClFN4O/c1-19(2)13(21)11-10(16)9-7-17-14(15)18-12(9)20(11)8-5-3-4-6-8/h7-8H,3-6H2,1-2H3. The van der Waals surface area contributed by atoms with Gasteiger partial charge in [-0.05, 0) is 24.4 Å². The number of aromatic nitrogens is 3. The number of hydrogen-bond donors (Lipinski definition) is 0. The molecule has 2 aromatic heterocycles. The highest BCUT2D eigenvalue weighted by Crippen LogP contribution is 2.36. The highest BCUT2D eigenvalue weighted by atomic mass is 35.5. The molecule has 2 aromatic rings. The van der Waals surface area contributed by atoms with Crippen molar-refractivity contribution in [3.63, 3.8) is 0 Å². The van der Waals surface area contributed by atoms with Crippen LogP contribution in [0.5, 0.6) is 0 Å². The van der Waals surface area contributed by atoms with Gasteiger partial charge in [0, 0.05) is 26.3 Å². The van der Waals surface area contributed by atoms with Gasteiger partial charge in [-0.15, -0.1) is 0 Å². The fourth-order valence-electron chi connectivity index (χ4n) is 2.96. The average molecular weight is 311 g/mol. The Morgan fingerprint density at radius 2 is 2.10 bits per heavy atom. The summed E-state index contributed by atoms with van der Waals surface area (Å²) in [6, 6.07) is 0.0851. The summed E-state index contributed by atoms with van der Waals surface area (Å²) >= 11 is 5.85. The Kier molecular flexibility index (Phi) is 3.57. The molecule has 3 rings (SSSR count). The number of amides is 1. The topological polar surface area (TPSA) is 51.0 Å². The first-order valence-corrected chi connectivity index (χ1v) is 7.32. The van der Waals surface area contributed by atoms with E-state index in [1.807, 2.05) is 0 Å². The fraction of sp³-hybridized carbons (Fsp3) is 0.500. The molecule has 2 heterocycles. The van der Waals surface area contributed by atoms with E-state index in [0.717, 1.165) is 25.7 Å². The minimum atomic E-state index is -0.563. The van der Waals surface area contributed by atoms with Gasteiger partial charge in [0.15, 0.2) is 5.82 Å². The summed E-state index contributed by atoms with van der Waals surface area (Å²) in [5.74, 6) is -0.930. The molecule has 0 saturated heterocycles. The molecule has 1 saturated carbocycles. The molecule has 0 N–H and O–H groups in total. The van der Waals surface area contributed by atoms with Crippen molar-refractivity contribution in [1.29, 1.82) is 0 Å². The maximum atomic E-state index is 14.7. The zero-order valence-electron chi connectivity index (χ0n) is 11.9. The number of carbonyl (C=O) groups excluding carboxylic acids is 1. The van der Waals surface area contributed by atoms with Crippen LogP contribution in [-0.4, -0.2) is 39.4 Å². The molecule has 1 amide bonds. The second-order valence-corrected chi connectivity index (χ2v) is 5.88. The molecule has 1 fully saturated rings. The second kappa shape index (κ2) is 5.26. The van der Waals surface area contributed by atoms with Gasteiger partial charge in [0.2, 0.25) is 5.28 Å². The maximum absolute atomic E-state index is 14.7. The molecule has 1 aliphatic rings. The molecule has 0 bridgehead atoms. The van der Waals surface area contributed by atoms with Gasteiger partial charge in [-0.25, -0.2) is 9.37 Å². The Balaban J connectivity index is 2.30. The summed E-state index contributed by atoms with van der Waals surface area (Å²) in [5, 5.41) is 0.305. The van der Waals surface area contributed by atoms with Crippen LogP contribution in [0.4, 0.5) is 4.39 Å². The third-order valence-electron chi connectivity index (χ3n) is 3.95. The fourth-order valence-corrected chi connectivity index (χ4v) is 3.09. The predicted molar refractivity (Wildman–Crippen MR) is 78.0 cm³/mol. The minimum absolute atomic E-state index is 0.0541. The smallest absolute Gasteiger partial charge is 0.273 e. The maximum Gasteiger partial charge on any atom is 0.273 e. The Morgan fingerprint density at radius 1 is 1.43 bits per heavy atom. The van der Waals surface area contributed by atoms with E-state index in [-0.39, 0.29) is 28.3 Å². The molecular formula is C14H16ClFN4O. The largest absolute Gasteiger partial charge is 0.343 e. The quantitative estimate of drug-likeness (QED) is 0.801.